The van der Waals surface area contributed by atoms with Crippen LogP contribution in [0.15, 0.2) is 42.9 Å². The molecule has 0 aliphatic heterocycles. The number of aliphatic hydroxyl groups excluding tert-OH is 1. The van der Waals surface area contributed by atoms with Crippen LogP contribution in [0.1, 0.15) is 16.7 Å². The fourth-order valence-electron chi connectivity index (χ4n) is 2.18. The third kappa shape index (κ3) is 2.48. The Morgan fingerprint density at radius 1 is 1.15 bits per heavy atom. The number of aromatic amines is 1. The van der Waals surface area contributed by atoms with E-state index in [1.807, 2.05) is 24.0 Å². The van der Waals surface area contributed by atoms with Crippen molar-refractivity contribution in [1.82, 2.24) is 20.0 Å². The highest BCUT2D eigenvalue weighted by Crippen LogP contribution is 2.20. The van der Waals surface area contributed by atoms with Crippen molar-refractivity contribution in [3.8, 4) is 11.3 Å². The first kappa shape index (κ1) is 12.6. The fourth-order valence-corrected chi connectivity index (χ4v) is 2.18. The van der Waals surface area contributed by atoms with E-state index >= 15 is 0 Å². The number of aryl methyl sites for hydroxylation is 1. The minimum absolute atomic E-state index is 0.0258. The molecule has 0 amide bonds. The molecule has 102 valence electrons. The molecule has 3 aromatic rings. The van der Waals surface area contributed by atoms with Gasteiger partial charge < -0.3 is 5.11 Å². The number of aromatic nitrogens is 4. The number of nitrogens with zero attached hydrogens (tertiary/aromatic N) is 3. The first-order valence-electron chi connectivity index (χ1n) is 6.48. The van der Waals surface area contributed by atoms with Crippen molar-refractivity contribution < 1.29 is 5.11 Å². The van der Waals surface area contributed by atoms with Crippen molar-refractivity contribution in [1.29, 1.82) is 0 Å². The van der Waals surface area contributed by atoms with Gasteiger partial charge in [0.2, 0.25) is 0 Å². The molecular weight excluding hydrogens is 252 g/mol. The van der Waals surface area contributed by atoms with Gasteiger partial charge in [-0.25, -0.2) is 0 Å². The minimum atomic E-state index is 0.0258. The summed E-state index contributed by atoms with van der Waals surface area (Å²) in [5, 5.41) is 20.3. The highest BCUT2D eigenvalue weighted by molar-refractivity contribution is 5.62. The zero-order valence-corrected chi connectivity index (χ0v) is 11.2. The second-order valence-electron chi connectivity index (χ2n) is 4.83. The normalized spacial score (nSPS) is 10.9. The first-order chi connectivity index (χ1) is 9.76. The third-order valence-corrected chi connectivity index (χ3v) is 3.29. The molecule has 3 rings (SSSR count). The molecule has 0 bridgehead atoms. The standard InChI is InChI=1S/C15H16N4O/c1-11-6-16-18-15(11)14-4-2-12(3-5-14)8-19-9-13(10-20)7-17-19/h2-7,9,20H,8,10H2,1H3,(H,16,18). The lowest BCUT2D eigenvalue weighted by atomic mass is 10.1. The second-order valence-corrected chi connectivity index (χ2v) is 4.83. The quantitative estimate of drug-likeness (QED) is 0.761. The molecule has 5 nitrogen and oxygen atoms in total. The summed E-state index contributed by atoms with van der Waals surface area (Å²) in [5.41, 5.74) is 5.31. The Kier molecular flexibility index (Phi) is 3.35. The van der Waals surface area contributed by atoms with Crippen LogP contribution in [0.3, 0.4) is 0 Å². The largest absolute Gasteiger partial charge is 0.392 e. The molecule has 0 aliphatic carbocycles. The summed E-state index contributed by atoms with van der Waals surface area (Å²) < 4.78 is 1.82. The van der Waals surface area contributed by atoms with E-state index in [-0.39, 0.29) is 6.61 Å². The van der Waals surface area contributed by atoms with Crippen LogP contribution < -0.4 is 0 Å². The van der Waals surface area contributed by atoms with Gasteiger partial charge in [0.1, 0.15) is 0 Å². The molecule has 0 radical (unpaired) electrons. The van der Waals surface area contributed by atoms with Crippen LogP contribution in [0.4, 0.5) is 0 Å². The van der Waals surface area contributed by atoms with Gasteiger partial charge in [-0.15, -0.1) is 0 Å². The summed E-state index contributed by atoms with van der Waals surface area (Å²) in [6.45, 7) is 2.76. The zero-order valence-electron chi connectivity index (χ0n) is 11.2. The van der Waals surface area contributed by atoms with Gasteiger partial charge >= 0.3 is 0 Å². The van der Waals surface area contributed by atoms with Crippen molar-refractivity contribution in [2.75, 3.05) is 0 Å². The van der Waals surface area contributed by atoms with Crippen LogP contribution in [-0.4, -0.2) is 25.1 Å². The predicted octanol–water partition coefficient (Wildman–Crippen LogP) is 2.12. The predicted molar refractivity (Wildman–Crippen MR) is 76.0 cm³/mol. The molecule has 2 aromatic heterocycles. The van der Waals surface area contributed by atoms with Crippen molar-refractivity contribution in [2.24, 2.45) is 0 Å². The van der Waals surface area contributed by atoms with Crippen LogP contribution in [0.5, 0.6) is 0 Å². The molecule has 0 saturated carbocycles. The Hall–Kier alpha value is -2.40. The molecular formula is C15H16N4O. The molecule has 0 spiro atoms. The smallest absolute Gasteiger partial charge is 0.0712 e. The molecule has 1 aromatic carbocycles. The van der Waals surface area contributed by atoms with E-state index in [4.69, 9.17) is 5.11 Å². The number of H-pyrrole nitrogens is 1. The van der Waals surface area contributed by atoms with Crippen molar-refractivity contribution in [3.63, 3.8) is 0 Å². The summed E-state index contributed by atoms with van der Waals surface area (Å²) in [4.78, 5) is 0. The van der Waals surface area contributed by atoms with Gasteiger partial charge in [-0.2, -0.15) is 10.2 Å². The van der Waals surface area contributed by atoms with Crippen molar-refractivity contribution >= 4 is 0 Å². The zero-order chi connectivity index (χ0) is 13.9. The summed E-state index contributed by atoms with van der Waals surface area (Å²) in [5.74, 6) is 0. The fraction of sp³-hybridized carbons (Fsp3) is 0.200. The number of benzene rings is 1. The minimum Gasteiger partial charge on any atom is -0.392 e. The van der Waals surface area contributed by atoms with Crippen LogP contribution in [0.2, 0.25) is 0 Å². The number of nitrogens with one attached hydrogen (secondary N) is 1. The Morgan fingerprint density at radius 2 is 1.95 bits per heavy atom. The molecule has 0 fully saturated rings. The Labute approximate surface area is 116 Å². The van der Waals surface area contributed by atoms with Gasteiger partial charge in [-0.3, -0.25) is 9.78 Å². The monoisotopic (exact) mass is 268 g/mol. The lowest BCUT2D eigenvalue weighted by molar-refractivity contribution is 0.281. The molecule has 2 heterocycles. The summed E-state index contributed by atoms with van der Waals surface area (Å²) in [6, 6.07) is 8.31. The lowest BCUT2D eigenvalue weighted by Gasteiger charge is -2.04. The summed E-state index contributed by atoms with van der Waals surface area (Å²) in [6.07, 6.45) is 5.36. The van der Waals surface area contributed by atoms with Gasteiger partial charge in [0, 0.05) is 11.8 Å². The van der Waals surface area contributed by atoms with Crippen LogP contribution in [0.25, 0.3) is 11.3 Å². The van der Waals surface area contributed by atoms with Crippen LogP contribution >= 0.6 is 0 Å². The molecule has 0 atom stereocenters. The maximum absolute atomic E-state index is 9.02. The van der Waals surface area contributed by atoms with E-state index in [0.717, 1.165) is 22.4 Å². The SMILES string of the molecule is Cc1cn[nH]c1-c1ccc(Cn2cc(CO)cn2)cc1. The Bertz CT molecular complexity index is 697. The highest BCUT2D eigenvalue weighted by atomic mass is 16.3. The number of aliphatic hydroxyl groups is 1. The van der Waals surface area contributed by atoms with Gasteiger partial charge in [-0.1, -0.05) is 24.3 Å². The van der Waals surface area contributed by atoms with E-state index in [1.165, 1.54) is 5.56 Å². The van der Waals surface area contributed by atoms with Gasteiger partial charge in [0.25, 0.3) is 0 Å². The van der Waals surface area contributed by atoms with Crippen molar-refractivity contribution in [3.05, 3.63) is 59.5 Å². The molecule has 0 saturated heterocycles. The van der Waals surface area contributed by atoms with E-state index in [0.29, 0.717) is 6.54 Å². The van der Waals surface area contributed by atoms with Gasteiger partial charge in [-0.05, 0) is 23.6 Å². The second kappa shape index (κ2) is 5.30. The number of rotatable bonds is 4. The van der Waals surface area contributed by atoms with Crippen LogP contribution in [-0.2, 0) is 13.2 Å². The molecule has 5 heteroatoms. The Balaban J connectivity index is 1.78. The summed E-state index contributed by atoms with van der Waals surface area (Å²) in [7, 11) is 0. The van der Waals surface area contributed by atoms with E-state index in [2.05, 4.69) is 39.6 Å². The lowest BCUT2D eigenvalue weighted by Crippen LogP contribution is -1.99. The van der Waals surface area contributed by atoms with Gasteiger partial charge in [0.15, 0.2) is 0 Å². The maximum atomic E-state index is 9.02. The number of hydrogen-bond donors (Lipinski definition) is 2. The molecule has 2 N–H and O–H groups in total. The van der Waals surface area contributed by atoms with E-state index < -0.39 is 0 Å². The van der Waals surface area contributed by atoms with Gasteiger partial charge in [0.05, 0.1) is 31.2 Å². The average Bonchev–Trinajstić information content (AvgIpc) is 3.09. The van der Waals surface area contributed by atoms with E-state index in [1.54, 1.807) is 6.20 Å². The maximum Gasteiger partial charge on any atom is 0.0712 e. The third-order valence-electron chi connectivity index (χ3n) is 3.29. The number of hydrogen-bond acceptors (Lipinski definition) is 3. The molecule has 20 heavy (non-hydrogen) atoms. The molecule has 0 aliphatic rings. The average molecular weight is 268 g/mol. The van der Waals surface area contributed by atoms with Crippen molar-refractivity contribution in [2.45, 2.75) is 20.1 Å². The topological polar surface area (TPSA) is 66.7 Å². The summed E-state index contributed by atoms with van der Waals surface area (Å²) >= 11 is 0. The highest BCUT2D eigenvalue weighted by Gasteiger charge is 2.04. The molecule has 0 unspecified atom stereocenters. The van der Waals surface area contributed by atoms with E-state index in [9.17, 15) is 0 Å². The Morgan fingerprint density at radius 3 is 2.55 bits per heavy atom. The first-order valence-corrected chi connectivity index (χ1v) is 6.48. The van der Waals surface area contributed by atoms with Crippen LogP contribution in [0, 0.1) is 6.92 Å².